The average molecular weight is 347 g/mol. The number of rotatable bonds is 3. The summed E-state index contributed by atoms with van der Waals surface area (Å²) in [6, 6.07) is 4.37. The molecule has 142 valence electrons. The topological polar surface area (TPSA) is 40.5 Å². The van der Waals surface area contributed by atoms with Gasteiger partial charge in [0.25, 0.3) is 0 Å². The molecule has 1 aliphatic carbocycles. The third kappa shape index (κ3) is 4.39. The smallest absolute Gasteiger partial charge is 0.123 e. The fraction of sp³-hybridized carbons (Fsp3) is 0.739. The predicted octanol–water partition coefficient (Wildman–Crippen LogP) is 5.86. The average Bonchev–Trinajstić information content (AvgIpc) is 2.47. The molecule has 0 spiro atoms. The van der Waals surface area contributed by atoms with Crippen LogP contribution in [0.2, 0.25) is 0 Å². The molecular formula is C23H38O2. The van der Waals surface area contributed by atoms with Crippen molar-refractivity contribution in [1.82, 2.24) is 0 Å². The number of aromatic hydroxyl groups is 1. The second-order valence-electron chi connectivity index (χ2n) is 10.3. The number of aliphatic hydroxyl groups excluding tert-OH is 1. The van der Waals surface area contributed by atoms with E-state index >= 15 is 0 Å². The monoisotopic (exact) mass is 346 g/mol. The quantitative estimate of drug-likeness (QED) is 0.719. The molecular weight excluding hydrogens is 308 g/mol. The number of phenols is 1. The maximum absolute atomic E-state index is 10.9. The first-order chi connectivity index (χ1) is 11.4. The summed E-state index contributed by atoms with van der Waals surface area (Å²) < 4.78 is 0. The van der Waals surface area contributed by atoms with E-state index in [2.05, 4.69) is 53.7 Å². The Hall–Kier alpha value is -1.02. The Morgan fingerprint density at radius 3 is 1.72 bits per heavy atom. The van der Waals surface area contributed by atoms with E-state index in [4.69, 9.17) is 0 Å². The second kappa shape index (κ2) is 6.95. The maximum atomic E-state index is 10.9. The van der Waals surface area contributed by atoms with E-state index in [0.717, 1.165) is 30.4 Å². The lowest BCUT2D eigenvalue weighted by atomic mass is 9.66. The summed E-state index contributed by atoms with van der Waals surface area (Å²) in [5.74, 6) is 0.443. The predicted molar refractivity (Wildman–Crippen MR) is 106 cm³/mol. The van der Waals surface area contributed by atoms with E-state index in [-0.39, 0.29) is 22.3 Å². The Labute approximate surface area is 154 Å². The molecule has 1 atom stereocenters. The van der Waals surface area contributed by atoms with Gasteiger partial charge in [-0.1, -0.05) is 72.9 Å². The van der Waals surface area contributed by atoms with Crippen LogP contribution < -0.4 is 0 Å². The molecule has 2 N–H and O–H groups in total. The molecule has 1 unspecified atom stereocenters. The molecule has 25 heavy (non-hydrogen) atoms. The molecule has 2 heteroatoms. The van der Waals surface area contributed by atoms with Crippen molar-refractivity contribution in [3.05, 3.63) is 28.8 Å². The Morgan fingerprint density at radius 2 is 1.36 bits per heavy atom. The van der Waals surface area contributed by atoms with Gasteiger partial charge in [-0.3, -0.25) is 0 Å². The molecule has 0 heterocycles. The maximum Gasteiger partial charge on any atom is 0.123 e. The Balaban J connectivity index is 2.53. The standard InChI is InChI=1S/C23H38O2/c1-16(24)23(11-9-8-10-12-23)15-17-13-18(21(2,3)4)20(25)19(14-17)22(5,6)7/h13-14,16,24-25H,8-12,15H2,1-7H3. The molecule has 0 aliphatic heterocycles. The molecule has 2 rings (SSSR count). The van der Waals surface area contributed by atoms with E-state index in [0.29, 0.717) is 5.75 Å². The first-order valence-electron chi connectivity index (χ1n) is 9.92. The number of hydrogen-bond acceptors (Lipinski definition) is 2. The molecule has 0 saturated heterocycles. The zero-order valence-electron chi connectivity index (χ0n) is 17.4. The van der Waals surface area contributed by atoms with Gasteiger partial charge in [0.15, 0.2) is 0 Å². The summed E-state index contributed by atoms with van der Waals surface area (Å²) in [7, 11) is 0. The molecule has 0 amide bonds. The van der Waals surface area contributed by atoms with Gasteiger partial charge in [0.05, 0.1) is 6.10 Å². The van der Waals surface area contributed by atoms with Gasteiger partial charge in [-0.25, -0.2) is 0 Å². The molecule has 2 nitrogen and oxygen atoms in total. The van der Waals surface area contributed by atoms with Gasteiger partial charge >= 0.3 is 0 Å². The van der Waals surface area contributed by atoms with Crippen LogP contribution in [-0.2, 0) is 17.3 Å². The van der Waals surface area contributed by atoms with Crippen molar-refractivity contribution in [3.63, 3.8) is 0 Å². The third-order valence-electron chi connectivity index (χ3n) is 6.08. The van der Waals surface area contributed by atoms with Crippen LogP contribution in [0, 0.1) is 5.41 Å². The fourth-order valence-electron chi connectivity index (χ4n) is 4.34. The Kier molecular flexibility index (Phi) is 5.64. The van der Waals surface area contributed by atoms with Crippen molar-refractivity contribution in [2.24, 2.45) is 5.41 Å². The van der Waals surface area contributed by atoms with Crippen LogP contribution in [0.25, 0.3) is 0 Å². The van der Waals surface area contributed by atoms with Gasteiger partial charge in [0.2, 0.25) is 0 Å². The number of benzene rings is 1. The minimum atomic E-state index is -0.294. The van der Waals surface area contributed by atoms with Gasteiger partial charge < -0.3 is 10.2 Å². The molecule has 0 radical (unpaired) electrons. The molecule has 1 fully saturated rings. The Bertz CT molecular complexity index is 558. The molecule has 1 aromatic carbocycles. The normalized spacial score (nSPS) is 19.7. The largest absolute Gasteiger partial charge is 0.507 e. The first kappa shape index (κ1) is 20.3. The first-order valence-corrected chi connectivity index (χ1v) is 9.92. The minimum Gasteiger partial charge on any atom is -0.507 e. The van der Waals surface area contributed by atoms with Crippen LogP contribution in [0.5, 0.6) is 5.75 Å². The van der Waals surface area contributed by atoms with Crippen molar-refractivity contribution in [2.75, 3.05) is 0 Å². The van der Waals surface area contributed by atoms with Crippen LogP contribution in [0.1, 0.15) is 97.3 Å². The van der Waals surface area contributed by atoms with Crippen molar-refractivity contribution in [1.29, 1.82) is 0 Å². The van der Waals surface area contributed by atoms with Gasteiger partial charge in [0, 0.05) is 5.41 Å². The zero-order chi connectivity index (χ0) is 19.0. The van der Waals surface area contributed by atoms with Crippen molar-refractivity contribution >= 4 is 0 Å². The summed E-state index contributed by atoms with van der Waals surface area (Å²) >= 11 is 0. The van der Waals surface area contributed by atoms with Gasteiger partial charge in [-0.05, 0) is 53.7 Å². The van der Waals surface area contributed by atoms with E-state index in [9.17, 15) is 10.2 Å². The van der Waals surface area contributed by atoms with Crippen molar-refractivity contribution in [3.8, 4) is 5.75 Å². The van der Waals surface area contributed by atoms with E-state index in [1.807, 2.05) is 6.92 Å². The molecule has 0 aromatic heterocycles. The molecule has 1 aromatic rings. The van der Waals surface area contributed by atoms with Crippen LogP contribution >= 0.6 is 0 Å². The van der Waals surface area contributed by atoms with Crippen LogP contribution in [0.4, 0.5) is 0 Å². The highest BCUT2D eigenvalue weighted by Crippen LogP contribution is 2.45. The van der Waals surface area contributed by atoms with Crippen LogP contribution in [0.15, 0.2) is 12.1 Å². The van der Waals surface area contributed by atoms with Gasteiger partial charge in [-0.15, -0.1) is 0 Å². The number of hydrogen-bond donors (Lipinski definition) is 2. The zero-order valence-corrected chi connectivity index (χ0v) is 17.4. The summed E-state index contributed by atoms with van der Waals surface area (Å²) in [5.41, 5.74) is 3.07. The summed E-state index contributed by atoms with van der Waals surface area (Å²) in [4.78, 5) is 0. The lowest BCUT2D eigenvalue weighted by molar-refractivity contribution is 0.00873. The highest BCUT2D eigenvalue weighted by atomic mass is 16.3. The number of phenolic OH excluding ortho intramolecular Hbond substituents is 1. The SMILES string of the molecule is CC(O)C1(Cc2cc(C(C)(C)C)c(O)c(C(C)(C)C)c2)CCCCC1. The highest BCUT2D eigenvalue weighted by molar-refractivity contribution is 5.50. The van der Waals surface area contributed by atoms with Gasteiger partial charge in [0.1, 0.15) is 5.75 Å². The summed E-state index contributed by atoms with van der Waals surface area (Å²) in [5, 5.41) is 21.5. The number of aliphatic hydroxyl groups is 1. The molecule has 1 saturated carbocycles. The molecule has 0 bridgehead atoms. The van der Waals surface area contributed by atoms with Crippen LogP contribution in [0.3, 0.4) is 0 Å². The lowest BCUT2D eigenvalue weighted by Gasteiger charge is -2.40. The Morgan fingerprint density at radius 1 is 0.920 bits per heavy atom. The van der Waals surface area contributed by atoms with E-state index in [1.54, 1.807) is 0 Å². The van der Waals surface area contributed by atoms with Crippen molar-refractivity contribution < 1.29 is 10.2 Å². The summed E-state index contributed by atoms with van der Waals surface area (Å²) in [6.07, 6.45) is 6.50. The van der Waals surface area contributed by atoms with Crippen LogP contribution in [-0.4, -0.2) is 16.3 Å². The van der Waals surface area contributed by atoms with E-state index in [1.165, 1.54) is 24.8 Å². The second-order valence-corrected chi connectivity index (χ2v) is 10.3. The fourth-order valence-corrected chi connectivity index (χ4v) is 4.34. The lowest BCUT2D eigenvalue weighted by Crippen LogP contribution is -2.37. The minimum absolute atomic E-state index is 0.0144. The van der Waals surface area contributed by atoms with Crippen molar-refractivity contribution in [2.45, 2.75) is 104 Å². The van der Waals surface area contributed by atoms with Gasteiger partial charge in [-0.2, -0.15) is 0 Å². The van der Waals surface area contributed by atoms with E-state index < -0.39 is 0 Å². The molecule has 1 aliphatic rings. The third-order valence-corrected chi connectivity index (χ3v) is 6.08. The highest BCUT2D eigenvalue weighted by Gasteiger charge is 2.37. The summed E-state index contributed by atoms with van der Waals surface area (Å²) in [6.45, 7) is 14.9.